The van der Waals surface area contributed by atoms with Crippen LogP contribution in [0.5, 0.6) is 0 Å². The first kappa shape index (κ1) is 19.1. The number of piperidine rings is 1. The van der Waals surface area contributed by atoms with Gasteiger partial charge in [-0.1, -0.05) is 37.3 Å². The van der Waals surface area contributed by atoms with E-state index in [4.69, 9.17) is 0 Å². The van der Waals surface area contributed by atoms with Crippen LogP contribution in [-0.2, 0) is 4.79 Å². The zero-order valence-corrected chi connectivity index (χ0v) is 16.2. The van der Waals surface area contributed by atoms with E-state index < -0.39 is 0 Å². The van der Waals surface area contributed by atoms with Gasteiger partial charge < -0.3 is 4.90 Å². The van der Waals surface area contributed by atoms with Crippen molar-refractivity contribution in [2.24, 2.45) is 11.8 Å². The average Bonchev–Trinajstić information content (AvgIpc) is 2.68. The molecule has 3 rings (SSSR count). The molecule has 1 aromatic carbocycles. The molecule has 0 atom stereocenters. The van der Waals surface area contributed by atoms with Crippen LogP contribution in [0.15, 0.2) is 30.3 Å². The lowest BCUT2D eigenvalue weighted by Crippen LogP contribution is -2.46. The first-order valence-corrected chi connectivity index (χ1v) is 10.1. The topological polar surface area (TPSA) is 40.6 Å². The minimum absolute atomic E-state index is 0.0984. The molecule has 142 valence electrons. The quantitative estimate of drug-likeness (QED) is 0.757. The van der Waals surface area contributed by atoms with Crippen LogP contribution in [0, 0.1) is 11.8 Å². The predicted molar refractivity (Wildman–Crippen MR) is 104 cm³/mol. The molecule has 0 unspecified atom stereocenters. The van der Waals surface area contributed by atoms with Gasteiger partial charge in [-0.05, 0) is 57.5 Å². The third-order valence-electron chi connectivity index (χ3n) is 6.30. The minimum atomic E-state index is 0.0984. The monoisotopic (exact) mass is 356 g/mol. The molecule has 4 heteroatoms. The molecule has 0 radical (unpaired) electrons. The van der Waals surface area contributed by atoms with Gasteiger partial charge in [-0.3, -0.25) is 14.5 Å². The Morgan fingerprint density at radius 1 is 1.00 bits per heavy atom. The van der Waals surface area contributed by atoms with Crippen LogP contribution in [0.1, 0.15) is 55.8 Å². The molecule has 1 saturated carbocycles. The van der Waals surface area contributed by atoms with E-state index in [2.05, 4.69) is 11.8 Å². The number of carbonyl (C=O) groups excluding carboxylic acids is 2. The summed E-state index contributed by atoms with van der Waals surface area (Å²) in [4.78, 5) is 29.4. The maximum Gasteiger partial charge on any atom is 0.236 e. The summed E-state index contributed by atoms with van der Waals surface area (Å²) in [5.41, 5.74) is 0.813. The van der Waals surface area contributed by atoms with Crippen LogP contribution in [-0.4, -0.2) is 54.2 Å². The molecule has 1 aliphatic carbocycles. The third-order valence-corrected chi connectivity index (χ3v) is 6.30. The molecule has 0 bridgehead atoms. The van der Waals surface area contributed by atoms with Crippen LogP contribution in [0.3, 0.4) is 0 Å². The Hall–Kier alpha value is -1.68. The summed E-state index contributed by atoms with van der Waals surface area (Å²) in [7, 11) is 1.97. The fourth-order valence-corrected chi connectivity index (χ4v) is 4.33. The Morgan fingerprint density at radius 2 is 1.62 bits per heavy atom. The highest BCUT2D eigenvalue weighted by Gasteiger charge is 2.29. The lowest BCUT2D eigenvalue weighted by atomic mass is 9.86. The summed E-state index contributed by atoms with van der Waals surface area (Å²) in [5.74, 6) is 1.39. The number of rotatable bonds is 5. The van der Waals surface area contributed by atoms with Crippen molar-refractivity contribution in [3.8, 4) is 0 Å². The summed E-state index contributed by atoms with van der Waals surface area (Å²) in [5, 5.41) is 0. The number of Topliss-reactive ketones (excluding diaryl/α,β-unsaturated/α-hetero) is 1. The van der Waals surface area contributed by atoms with Gasteiger partial charge in [-0.25, -0.2) is 0 Å². The van der Waals surface area contributed by atoms with Crippen LogP contribution < -0.4 is 0 Å². The maximum absolute atomic E-state index is 12.6. The van der Waals surface area contributed by atoms with Crippen molar-refractivity contribution in [1.29, 1.82) is 0 Å². The van der Waals surface area contributed by atoms with Crippen LogP contribution in [0.25, 0.3) is 0 Å². The number of likely N-dealkylation sites (N-methyl/N-ethyl adjacent to an activating group) is 1. The average molecular weight is 357 g/mol. The van der Waals surface area contributed by atoms with Gasteiger partial charge >= 0.3 is 0 Å². The Morgan fingerprint density at radius 3 is 2.23 bits per heavy atom. The van der Waals surface area contributed by atoms with E-state index in [-0.39, 0.29) is 17.6 Å². The van der Waals surface area contributed by atoms with Crippen LogP contribution in [0.2, 0.25) is 0 Å². The van der Waals surface area contributed by atoms with Gasteiger partial charge in [0, 0.05) is 24.6 Å². The molecular formula is C22H32N2O2. The van der Waals surface area contributed by atoms with Crippen molar-refractivity contribution in [2.45, 2.75) is 51.5 Å². The highest BCUT2D eigenvalue weighted by molar-refractivity contribution is 5.97. The largest absolute Gasteiger partial charge is 0.342 e. The number of ketones is 1. The molecule has 0 N–H and O–H groups in total. The van der Waals surface area contributed by atoms with E-state index >= 15 is 0 Å². The fraction of sp³-hybridized carbons (Fsp3) is 0.636. The van der Waals surface area contributed by atoms with Gasteiger partial charge in [0.05, 0.1) is 6.54 Å². The summed E-state index contributed by atoms with van der Waals surface area (Å²) >= 11 is 0. The Balaban J connectivity index is 1.45. The second kappa shape index (κ2) is 8.81. The summed E-state index contributed by atoms with van der Waals surface area (Å²) in [6, 6.07) is 9.99. The van der Waals surface area contributed by atoms with Crippen LogP contribution >= 0.6 is 0 Å². The second-order valence-electron chi connectivity index (χ2n) is 8.20. The summed E-state index contributed by atoms with van der Waals surface area (Å²) in [6.07, 6.45) is 6.44. The number of amides is 1. The van der Waals surface area contributed by atoms with E-state index in [9.17, 15) is 9.59 Å². The standard InChI is InChI=1S/C22H32N2O2/c1-17-8-10-20(11-9-17)23(2)21(25)16-24-14-12-19(13-15-24)22(26)18-6-4-3-5-7-18/h3-7,17,19-20H,8-16H2,1-2H3. The predicted octanol–water partition coefficient (Wildman–Crippen LogP) is 3.62. The second-order valence-corrected chi connectivity index (χ2v) is 8.20. The summed E-state index contributed by atoms with van der Waals surface area (Å²) in [6.45, 7) is 4.47. The van der Waals surface area contributed by atoms with Crippen molar-refractivity contribution in [3.05, 3.63) is 35.9 Å². The molecule has 0 spiro atoms. The van der Waals surface area contributed by atoms with Gasteiger partial charge in [-0.15, -0.1) is 0 Å². The van der Waals surface area contributed by atoms with E-state index in [0.29, 0.717) is 12.6 Å². The Bertz CT molecular complexity index is 600. The van der Waals surface area contributed by atoms with E-state index in [0.717, 1.165) is 50.3 Å². The number of hydrogen-bond donors (Lipinski definition) is 0. The number of benzene rings is 1. The first-order chi connectivity index (χ1) is 12.5. The maximum atomic E-state index is 12.6. The molecule has 0 aromatic heterocycles. The molecular weight excluding hydrogens is 324 g/mol. The van der Waals surface area contributed by atoms with Gasteiger partial charge in [0.1, 0.15) is 0 Å². The highest BCUT2D eigenvalue weighted by Crippen LogP contribution is 2.27. The van der Waals surface area contributed by atoms with Gasteiger partial charge in [0.25, 0.3) is 0 Å². The number of carbonyl (C=O) groups is 2. The van der Waals surface area contributed by atoms with Crippen molar-refractivity contribution in [3.63, 3.8) is 0 Å². The van der Waals surface area contributed by atoms with Gasteiger partial charge in [0.2, 0.25) is 5.91 Å². The lowest BCUT2D eigenvalue weighted by Gasteiger charge is -2.36. The fourth-order valence-electron chi connectivity index (χ4n) is 4.33. The Labute approximate surface area is 157 Å². The number of hydrogen-bond acceptors (Lipinski definition) is 3. The molecule has 26 heavy (non-hydrogen) atoms. The van der Waals surface area contributed by atoms with Crippen LogP contribution in [0.4, 0.5) is 0 Å². The molecule has 1 saturated heterocycles. The molecule has 1 amide bonds. The minimum Gasteiger partial charge on any atom is -0.342 e. The SMILES string of the molecule is CC1CCC(N(C)C(=O)CN2CCC(C(=O)c3ccccc3)CC2)CC1. The molecule has 2 aliphatic rings. The summed E-state index contributed by atoms with van der Waals surface area (Å²) < 4.78 is 0. The normalized spacial score (nSPS) is 25.0. The van der Waals surface area contributed by atoms with E-state index in [1.165, 1.54) is 12.8 Å². The first-order valence-electron chi connectivity index (χ1n) is 10.1. The molecule has 1 aliphatic heterocycles. The Kier molecular flexibility index (Phi) is 6.47. The third kappa shape index (κ3) is 4.73. The lowest BCUT2D eigenvalue weighted by molar-refractivity contribution is -0.134. The molecule has 1 heterocycles. The van der Waals surface area contributed by atoms with Gasteiger partial charge in [-0.2, -0.15) is 0 Å². The number of likely N-dealkylation sites (tertiary alicyclic amines) is 1. The smallest absolute Gasteiger partial charge is 0.236 e. The molecule has 2 fully saturated rings. The highest BCUT2D eigenvalue weighted by atomic mass is 16.2. The van der Waals surface area contributed by atoms with Crippen molar-refractivity contribution < 1.29 is 9.59 Å². The van der Waals surface area contributed by atoms with Crippen molar-refractivity contribution in [1.82, 2.24) is 9.80 Å². The molecule has 4 nitrogen and oxygen atoms in total. The zero-order chi connectivity index (χ0) is 18.5. The van der Waals surface area contributed by atoms with Crippen molar-refractivity contribution >= 4 is 11.7 Å². The van der Waals surface area contributed by atoms with Crippen molar-refractivity contribution in [2.75, 3.05) is 26.7 Å². The van der Waals surface area contributed by atoms with Gasteiger partial charge in [0.15, 0.2) is 5.78 Å². The van der Waals surface area contributed by atoms with E-state index in [1.54, 1.807) is 0 Å². The number of nitrogens with zero attached hydrogens (tertiary/aromatic N) is 2. The zero-order valence-electron chi connectivity index (χ0n) is 16.2. The van der Waals surface area contributed by atoms with E-state index in [1.807, 2.05) is 42.3 Å². The molecule has 1 aromatic rings.